The van der Waals surface area contributed by atoms with Gasteiger partial charge >= 0.3 is 0 Å². The van der Waals surface area contributed by atoms with Crippen LogP contribution in [0.2, 0.25) is 0 Å². The third-order valence-electron chi connectivity index (χ3n) is 24.0. The molecule has 0 nitrogen and oxygen atoms in total. The Bertz CT molecular complexity index is 1180. The average molecular weight is 781 g/mol. The van der Waals surface area contributed by atoms with Gasteiger partial charge in [0, 0.05) is 0 Å². The lowest BCUT2D eigenvalue weighted by molar-refractivity contribution is -0.667. The third kappa shape index (κ3) is 4.90. The first-order valence-corrected chi connectivity index (χ1v) is 24.5. The Balaban J connectivity index is 3.26. The molecule has 56 heavy (non-hydrogen) atoms. The Morgan fingerprint density at radius 3 is 0.393 bits per heavy atom. The number of fused-ring (bicyclic) bond motifs is 4. The molecule has 0 aromatic carbocycles. The van der Waals surface area contributed by atoms with E-state index in [9.17, 15) is 0 Å². The van der Waals surface area contributed by atoms with Crippen molar-refractivity contribution in [3.63, 3.8) is 0 Å². The summed E-state index contributed by atoms with van der Waals surface area (Å²) in [5.74, 6) is 6.75. The molecule has 0 radical (unpaired) electrons. The molecule has 3 aliphatic carbocycles. The van der Waals surface area contributed by atoms with Crippen LogP contribution in [-0.4, -0.2) is 0 Å². The van der Waals surface area contributed by atoms with Crippen LogP contribution in [0.3, 0.4) is 0 Å². The minimum atomic E-state index is 0.0693. The van der Waals surface area contributed by atoms with E-state index in [4.69, 9.17) is 0 Å². The summed E-state index contributed by atoms with van der Waals surface area (Å²) in [6.07, 6.45) is 0. The predicted molar refractivity (Wildman–Crippen MR) is 253 cm³/mol. The molecule has 0 aliphatic heterocycles. The summed E-state index contributed by atoms with van der Waals surface area (Å²) >= 11 is 0. The summed E-state index contributed by atoms with van der Waals surface area (Å²) < 4.78 is 0. The molecule has 0 spiro atoms. The van der Waals surface area contributed by atoms with E-state index in [0.717, 1.165) is 0 Å². The van der Waals surface area contributed by atoms with E-state index < -0.39 is 0 Å². The van der Waals surface area contributed by atoms with E-state index in [0.29, 0.717) is 71.0 Å². The predicted octanol–water partition coefficient (Wildman–Crippen LogP) is 17.9. The monoisotopic (exact) mass is 781 g/mol. The minimum absolute atomic E-state index is 0.0693. The second-order valence-electron chi connectivity index (χ2n) is 28.6. The first kappa shape index (κ1) is 50.4. The summed E-state index contributed by atoms with van der Waals surface area (Å²) in [5.41, 5.74) is 1.11. The molecule has 0 amide bonds. The SMILES string of the molecule is CC(C)C(C)(C)C1C(C(C)(C)C(C)C)C2(C(C)(C)C(C)C)C1(C(C)(C)C(C)C)C1(C(C)(C)C(C)C)C(C(C)(C)C(C)C)C(C(C)(C)C(C)C)C21C(C)(C)C(C)C. The highest BCUT2D eigenvalue weighted by Gasteiger charge is 3.11. The third-order valence-corrected chi connectivity index (χ3v) is 24.0. The fourth-order valence-corrected chi connectivity index (χ4v) is 16.8. The van der Waals surface area contributed by atoms with Gasteiger partial charge in [0.25, 0.3) is 0 Å². The van der Waals surface area contributed by atoms with Crippen molar-refractivity contribution in [3.8, 4) is 0 Å². The van der Waals surface area contributed by atoms with Crippen molar-refractivity contribution >= 4 is 0 Å². The maximum absolute atomic E-state index is 2.86. The Labute approximate surface area is 356 Å². The summed E-state index contributed by atoms with van der Waals surface area (Å²) in [5, 5.41) is 0. The molecule has 0 aromatic rings. The van der Waals surface area contributed by atoms with E-state index >= 15 is 0 Å². The molecule has 4 unspecified atom stereocenters. The van der Waals surface area contributed by atoms with Gasteiger partial charge in [-0.3, -0.25) is 0 Å². The summed E-state index contributed by atoms with van der Waals surface area (Å²) in [4.78, 5) is 0. The topological polar surface area (TPSA) is 0 Å². The van der Waals surface area contributed by atoms with Crippen molar-refractivity contribution < 1.29 is 0 Å². The van der Waals surface area contributed by atoms with E-state index in [1.807, 2.05) is 0 Å². The quantitative estimate of drug-likeness (QED) is 0.146. The largest absolute Gasteiger partial charge is 0.0623 e. The van der Waals surface area contributed by atoms with Crippen molar-refractivity contribution in [2.45, 2.75) is 222 Å². The van der Waals surface area contributed by atoms with Gasteiger partial charge in [-0.25, -0.2) is 0 Å². The van der Waals surface area contributed by atoms with Crippen LogP contribution in [-0.2, 0) is 0 Å². The van der Waals surface area contributed by atoms with Crippen molar-refractivity contribution in [1.82, 2.24) is 0 Å². The van der Waals surface area contributed by atoms with Crippen LogP contribution in [0.25, 0.3) is 0 Å². The molecule has 4 atom stereocenters. The molecule has 332 valence electrons. The van der Waals surface area contributed by atoms with Crippen LogP contribution in [0.1, 0.15) is 222 Å². The Hall–Kier alpha value is 0. The lowest BCUT2D eigenvalue weighted by atomic mass is 8.91. The summed E-state index contributed by atoms with van der Waals surface area (Å²) in [7, 11) is 0. The zero-order chi connectivity index (χ0) is 44.9. The van der Waals surface area contributed by atoms with Crippen LogP contribution in [0, 0.1) is 136 Å². The van der Waals surface area contributed by atoms with E-state index in [1.165, 1.54) is 0 Å². The van der Waals surface area contributed by atoms with Gasteiger partial charge in [0.2, 0.25) is 0 Å². The van der Waals surface area contributed by atoms with Crippen LogP contribution >= 0.6 is 0 Å². The smallest absolute Gasteiger partial charge is 0.00664 e. The lowest BCUT2D eigenvalue weighted by Crippen LogP contribution is -3.10. The summed E-state index contributed by atoms with van der Waals surface area (Å²) in [6, 6.07) is 0. The molecule has 0 heterocycles. The first-order valence-electron chi connectivity index (χ1n) is 24.5. The fourth-order valence-electron chi connectivity index (χ4n) is 16.8. The molecule has 3 saturated carbocycles. The fraction of sp³-hybridized carbons (Fsp3) is 1.00. The number of rotatable bonds is 16. The van der Waals surface area contributed by atoms with Crippen LogP contribution in [0.15, 0.2) is 0 Å². The molecule has 3 fully saturated rings. The first-order chi connectivity index (χ1) is 24.5. The molecule has 3 aliphatic rings. The average Bonchev–Trinajstić information content (AvgIpc) is 2.97. The van der Waals surface area contributed by atoms with Gasteiger partial charge < -0.3 is 0 Å². The number of hydrogen-bond acceptors (Lipinski definition) is 0. The van der Waals surface area contributed by atoms with E-state index in [1.54, 1.807) is 0 Å². The van der Waals surface area contributed by atoms with E-state index in [2.05, 4.69) is 222 Å². The van der Waals surface area contributed by atoms with Crippen LogP contribution in [0.4, 0.5) is 0 Å². The van der Waals surface area contributed by atoms with Gasteiger partial charge in [0.15, 0.2) is 0 Å². The normalized spacial score (nSPS) is 33.9. The molecular weight excluding hydrogens is 673 g/mol. The molecule has 0 aromatic heterocycles. The Morgan fingerprint density at radius 2 is 0.321 bits per heavy atom. The molecule has 3 rings (SSSR count). The minimum Gasteiger partial charge on any atom is -0.0623 e. The molecule has 0 saturated heterocycles. The lowest BCUT2D eigenvalue weighted by Gasteiger charge is -3.12. The van der Waals surface area contributed by atoms with Crippen molar-refractivity contribution in [2.75, 3.05) is 0 Å². The highest BCUT2D eigenvalue weighted by Crippen LogP contribution is 3.13. The van der Waals surface area contributed by atoms with Crippen LogP contribution < -0.4 is 0 Å². The Kier molecular flexibility index (Phi) is 12.4. The standard InChI is InChI=1S/C56H108/c1-33(2)45(17,18)41-42(46(19,20)34(3)4)54(50(27,28)38(11)12)53(41,49(25,26)37(9)10)55(51(29,30)39(13)14)43(47(21,22)35(5)6)44(48(23,24)36(7)8)56(54,55)52(31,32)40(15)16/h33-44H,1-32H3. The van der Waals surface area contributed by atoms with E-state index in [-0.39, 0.29) is 65.0 Å². The second-order valence-corrected chi connectivity index (χ2v) is 28.6. The van der Waals surface area contributed by atoms with Crippen molar-refractivity contribution in [1.29, 1.82) is 0 Å². The van der Waals surface area contributed by atoms with Gasteiger partial charge in [-0.1, -0.05) is 222 Å². The van der Waals surface area contributed by atoms with Gasteiger partial charge in [0.1, 0.15) is 0 Å². The van der Waals surface area contributed by atoms with Crippen molar-refractivity contribution in [3.05, 3.63) is 0 Å². The van der Waals surface area contributed by atoms with Gasteiger partial charge in [0.05, 0.1) is 0 Å². The molecular formula is C56H108. The zero-order valence-electron chi connectivity index (χ0n) is 44.9. The highest BCUT2D eigenvalue weighted by atomic mass is 15.1. The number of hydrogen-bond donors (Lipinski definition) is 0. The zero-order valence-corrected chi connectivity index (χ0v) is 44.9. The molecule has 0 N–H and O–H groups in total. The second kappa shape index (κ2) is 13.8. The van der Waals surface area contributed by atoms with Gasteiger partial charge in [-0.2, -0.15) is 0 Å². The summed E-state index contributed by atoms with van der Waals surface area (Å²) in [6.45, 7) is 87.1. The molecule has 0 heteroatoms. The van der Waals surface area contributed by atoms with Gasteiger partial charge in [-0.15, -0.1) is 0 Å². The van der Waals surface area contributed by atoms with Crippen molar-refractivity contribution in [2.24, 2.45) is 136 Å². The molecule has 0 bridgehead atoms. The van der Waals surface area contributed by atoms with Crippen LogP contribution in [0.5, 0.6) is 0 Å². The highest BCUT2D eigenvalue weighted by molar-refractivity contribution is 5.56. The Morgan fingerprint density at radius 1 is 0.214 bits per heavy atom. The maximum Gasteiger partial charge on any atom is -0.00664 e. The van der Waals surface area contributed by atoms with Gasteiger partial charge in [-0.05, 0) is 136 Å². The maximum atomic E-state index is 2.86.